The summed E-state index contributed by atoms with van der Waals surface area (Å²) < 4.78 is 5.53. The van der Waals surface area contributed by atoms with Gasteiger partial charge >= 0.3 is 0 Å². The van der Waals surface area contributed by atoms with Crippen molar-refractivity contribution < 1.29 is 14.7 Å². The van der Waals surface area contributed by atoms with E-state index in [0.29, 0.717) is 35.3 Å². The SMILES string of the molecule is COCCN(CCC(N)=NO)C(=O)c1ccc(Cl)s1. The monoisotopic (exact) mass is 305 g/mol. The van der Waals surface area contributed by atoms with Gasteiger partial charge in [-0.1, -0.05) is 16.8 Å². The van der Waals surface area contributed by atoms with Crippen LogP contribution in [-0.4, -0.2) is 48.7 Å². The standard InChI is InChI=1S/C11H16ClN3O3S/c1-18-7-6-15(5-4-10(13)14-17)11(16)8-2-3-9(12)19-8/h2-3,17H,4-7H2,1H3,(H2,13,14). The van der Waals surface area contributed by atoms with Gasteiger partial charge in [0.25, 0.3) is 5.91 Å². The number of hydrogen-bond acceptors (Lipinski definition) is 5. The van der Waals surface area contributed by atoms with Crippen LogP contribution in [0.2, 0.25) is 4.34 Å². The largest absolute Gasteiger partial charge is 0.409 e. The van der Waals surface area contributed by atoms with E-state index >= 15 is 0 Å². The first kappa shape index (κ1) is 15.7. The number of oxime groups is 1. The number of nitrogens with zero attached hydrogens (tertiary/aromatic N) is 2. The van der Waals surface area contributed by atoms with Crippen LogP contribution in [0.4, 0.5) is 0 Å². The molecule has 1 heterocycles. The van der Waals surface area contributed by atoms with Crippen molar-refractivity contribution in [1.82, 2.24) is 4.90 Å². The molecule has 0 aliphatic carbocycles. The Morgan fingerprint density at radius 2 is 2.32 bits per heavy atom. The third-order valence-electron chi connectivity index (χ3n) is 2.40. The lowest BCUT2D eigenvalue weighted by molar-refractivity contribution is 0.0705. The zero-order valence-corrected chi connectivity index (χ0v) is 12.1. The van der Waals surface area contributed by atoms with E-state index in [1.165, 1.54) is 11.3 Å². The van der Waals surface area contributed by atoms with E-state index in [-0.39, 0.29) is 11.7 Å². The van der Waals surface area contributed by atoms with Gasteiger partial charge in [-0.25, -0.2) is 0 Å². The minimum absolute atomic E-state index is 0.0828. The van der Waals surface area contributed by atoms with Crippen molar-refractivity contribution >= 4 is 34.7 Å². The van der Waals surface area contributed by atoms with Crippen molar-refractivity contribution in [2.24, 2.45) is 10.9 Å². The maximum Gasteiger partial charge on any atom is 0.264 e. The molecule has 19 heavy (non-hydrogen) atoms. The molecule has 0 unspecified atom stereocenters. The molecule has 0 aliphatic rings. The van der Waals surface area contributed by atoms with Gasteiger partial charge in [0.15, 0.2) is 0 Å². The van der Waals surface area contributed by atoms with Gasteiger partial charge in [0.05, 0.1) is 15.8 Å². The second-order valence-electron chi connectivity index (χ2n) is 3.73. The summed E-state index contributed by atoms with van der Waals surface area (Å²) in [7, 11) is 1.56. The lowest BCUT2D eigenvalue weighted by Crippen LogP contribution is -2.36. The third kappa shape index (κ3) is 5.06. The fraction of sp³-hybridized carbons (Fsp3) is 0.455. The van der Waals surface area contributed by atoms with Gasteiger partial charge in [-0.3, -0.25) is 4.79 Å². The minimum Gasteiger partial charge on any atom is -0.409 e. The topological polar surface area (TPSA) is 88.2 Å². The number of rotatable bonds is 7. The molecule has 8 heteroatoms. The normalized spacial score (nSPS) is 11.6. The van der Waals surface area contributed by atoms with Gasteiger partial charge in [0.2, 0.25) is 0 Å². The molecule has 106 valence electrons. The number of thiophene rings is 1. The maximum absolute atomic E-state index is 12.2. The van der Waals surface area contributed by atoms with Crippen molar-refractivity contribution in [1.29, 1.82) is 0 Å². The van der Waals surface area contributed by atoms with Crippen LogP contribution in [0.15, 0.2) is 17.3 Å². The summed E-state index contributed by atoms with van der Waals surface area (Å²) in [6, 6.07) is 3.36. The average Bonchev–Trinajstić information content (AvgIpc) is 2.84. The summed E-state index contributed by atoms with van der Waals surface area (Å²) in [6.07, 6.45) is 0.297. The summed E-state index contributed by atoms with van der Waals surface area (Å²) >= 11 is 7.03. The highest BCUT2D eigenvalue weighted by Crippen LogP contribution is 2.22. The van der Waals surface area contributed by atoms with E-state index in [0.717, 1.165) is 0 Å². The molecule has 0 aliphatic heterocycles. The summed E-state index contributed by atoms with van der Waals surface area (Å²) in [5, 5.41) is 11.4. The van der Waals surface area contributed by atoms with Gasteiger partial charge in [0.1, 0.15) is 5.84 Å². The van der Waals surface area contributed by atoms with E-state index in [2.05, 4.69) is 5.16 Å². The van der Waals surface area contributed by atoms with Crippen LogP contribution in [0, 0.1) is 0 Å². The van der Waals surface area contributed by atoms with Crippen molar-refractivity contribution in [3.63, 3.8) is 0 Å². The molecule has 6 nitrogen and oxygen atoms in total. The van der Waals surface area contributed by atoms with Crippen LogP contribution in [0.1, 0.15) is 16.1 Å². The zero-order valence-electron chi connectivity index (χ0n) is 10.5. The Hall–Kier alpha value is -1.31. The summed E-state index contributed by atoms with van der Waals surface area (Å²) in [5.41, 5.74) is 5.41. The molecule has 0 saturated heterocycles. The Labute approximate surface area is 120 Å². The van der Waals surface area contributed by atoms with E-state index in [1.54, 1.807) is 24.1 Å². The lowest BCUT2D eigenvalue weighted by Gasteiger charge is -2.21. The number of amides is 1. The highest BCUT2D eigenvalue weighted by Gasteiger charge is 2.17. The number of carbonyl (C=O) groups excluding carboxylic acids is 1. The van der Waals surface area contributed by atoms with Crippen LogP contribution in [0.5, 0.6) is 0 Å². The van der Waals surface area contributed by atoms with E-state index in [4.69, 9.17) is 27.3 Å². The quantitative estimate of drug-likeness (QED) is 0.347. The Balaban J connectivity index is 2.69. The molecule has 3 N–H and O–H groups in total. The van der Waals surface area contributed by atoms with Crippen LogP contribution in [0.25, 0.3) is 0 Å². The lowest BCUT2D eigenvalue weighted by atomic mass is 10.3. The maximum atomic E-state index is 12.2. The fourth-order valence-corrected chi connectivity index (χ4v) is 2.41. The van der Waals surface area contributed by atoms with E-state index in [9.17, 15) is 4.79 Å². The fourth-order valence-electron chi connectivity index (χ4n) is 1.40. The van der Waals surface area contributed by atoms with Gasteiger partial charge in [0, 0.05) is 26.6 Å². The minimum atomic E-state index is -0.139. The molecule has 1 aromatic heterocycles. The molecule has 0 fully saturated rings. The first-order valence-electron chi connectivity index (χ1n) is 5.58. The summed E-state index contributed by atoms with van der Waals surface area (Å²) in [6.45, 7) is 1.21. The average molecular weight is 306 g/mol. The van der Waals surface area contributed by atoms with Gasteiger partial charge in [-0.05, 0) is 12.1 Å². The molecule has 0 atom stereocenters. The highest BCUT2D eigenvalue weighted by atomic mass is 35.5. The van der Waals surface area contributed by atoms with E-state index in [1.807, 2.05) is 0 Å². The predicted molar refractivity (Wildman–Crippen MR) is 75.1 cm³/mol. The van der Waals surface area contributed by atoms with E-state index < -0.39 is 0 Å². The number of halogens is 1. The second kappa shape index (κ2) is 7.98. The molecule has 0 aromatic carbocycles. The molecule has 1 rings (SSSR count). The Bertz CT molecular complexity index is 450. The zero-order chi connectivity index (χ0) is 14.3. The smallest absolute Gasteiger partial charge is 0.264 e. The molecule has 1 amide bonds. The van der Waals surface area contributed by atoms with Gasteiger partial charge in [-0.2, -0.15) is 0 Å². The number of methoxy groups -OCH3 is 1. The van der Waals surface area contributed by atoms with Crippen molar-refractivity contribution in [2.75, 3.05) is 26.8 Å². The number of carbonyl (C=O) groups is 1. The summed E-state index contributed by atoms with van der Waals surface area (Å²) in [4.78, 5) is 14.4. The second-order valence-corrected chi connectivity index (χ2v) is 5.45. The molecule has 0 spiro atoms. The molecule has 1 aromatic rings. The Morgan fingerprint density at radius 3 is 2.84 bits per heavy atom. The first-order chi connectivity index (χ1) is 9.08. The van der Waals surface area contributed by atoms with Gasteiger partial charge < -0.3 is 20.6 Å². The number of hydrogen-bond donors (Lipinski definition) is 2. The van der Waals surface area contributed by atoms with Crippen LogP contribution < -0.4 is 5.73 Å². The number of nitrogens with two attached hydrogens (primary N) is 1. The third-order valence-corrected chi connectivity index (χ3v) is 3.62. The number of ether oxygens (including phenoxy) is 1. The molecular weight excluding hydrogens is 290 g/mol. The van der Waals surface area contributed by atoms with Crippen molar-refractivity contribution in [2.45, 2.75) is 6.42 Å². The Morgan fingerprint density at radius 1 is 1.58 bits per heavy atom. The molecule has 0 bridgehead atoms. The summed E-state index contributed by atoms with van der Waals surface area (Å²) in [5.74, 6) is -0.0564. The number of amidine groups is 1. The van der Waals surface area contributed by atoms with Gasteiger partial charge in [-0.15, -0.1) is 11.3 Å². The predicted octanol–water partition coefficient (Wildman–Crippen LogP) is 1.63. The van der Waals surface area contributed by atoms with Crippen LogP contribution in [0.3, 0.4) is 0 Å². The first-order valence-corrected chi connectivity index (χ1v) is 6.78. The Kier molecular flexibility index (Phi) is 6.61. The van der Waals surface area contributed by atoms with Crippen LogP contribution in [-0.2, 0) is 4.74 Å². The highest BCUT2D eigenvalue weighted by molar-refractivity contribution is 7.17. The van der Waals surface area contributed by atoms with Crippen molar-refractivity contribution in [3.8, 4) is 0 Å². The van der Waals surface area contributed by atoms with Crippen LogP contribution >= 0.6 is 22.9 Å². The molecule has 0 saturated carbocycles. The molecular formula is C11H16ClN3O3S. The van der Waals surface area contributed by atoms with Crippen molar-refractivity contribution in [3.05, 3.63) is 21.3 Å². The molecule has 0 radical (unpaired) electrons.